The van der Waals surface area contributed by atoms with Gasteiger partial charge < -0.3 is 14.8 Å². The number of carbonyl (C=O) groups is 1. The van der Waals surface area contributed by atoms with Crippen LogP contribution in [0.3, 0.4) is 0 Å². The monoisotopic (exact) mass is 416 g/mol. The zero-order chi connectivity index (χ0) is 21.4. The zero-order valence-corrected chi connectivity index (χ0v) is 17.5. The molecule has 0 unspecified atom stereocenters. The van der Waals surface area contributed by atoms with Gasteiger partial charge in [-0.1, -0.05) is 12.1 Å². The molecule has 4 heterocycles. The molecule has 3 aromatic heterocycles. The Bertz CT molecular complexity index is 1220. The number of likely N-dealkylation sites (tertiary alicyclic amines) is 1. The zero-order valence-electron chi connectivity index (χ0n) is 17.5. The van der Waals surface area contributed by atoms with Gasteiger partial charge in [0.1, 0.15) is 5.52 Å². The largest absolute Gasteiger partial charge is 0.364 e. The minimum atomic E-state index is -0.0177. The summed E-state index contributed by atoms with van der Waals surface area (Å²) in [7, 11) is 1.97. The highest BCUT2D eigenvalue weighted by atomic mass is 16.2. The van der Waals surface area contributed by atoms with Crippen LogP contribution in [0, 0.1) is 0 Å². The predicted octanol–water partition coefficient (Wildman–Crippen LogP) is 2.65. The Morgan fingerprint density at radius 2 is 1.87 bits per heavy atom. The lowest BCUT2D eigenvalue weighted by Gasteiger charge is -2.38. The highest BCUT2D eigenvalue weighted by Crippen LogP contribution is 2.26. The van der Waals surface area contributed by atoms with Crippen molar-refractivity contribution in [1.82, 2.24) is 34.4 Å². The van der Waals surface area contributed by atoms with E-state index in [1.54, 1.807) is 24.9 Å². The summed E-state index contributed by atoms with van der Waals surface area (Å²) in [6, 6.07) is 9.64. The van der Waals surface area contributed by atoms with Gasteiger partial charge in [-0.3, -0.25) is 4.79 Å². The third kappa shape index (κ3) is 3.52. The number of piperidine rings is 1. The Morgan fingerprint density at radius 3 is 2.71 bits per heavy atom. The maximum atomic E-state index is 13.5. The summed E-state index contributed by atoms with van der Waals surface area (Å²) in [5.74, 6) is 0.738. The van der Waals surface area contributed by atoms with Crippen molar-refractivity contribution in [2.24, 2.45) is 7.05 Å². The molecule has 0 bridgehead atoms. The van der Waals surface area contributed by atoms with Crippen LogP contribution in [0.1, 0.15) is 30.1 Å². The molecule has 5 rings (SSSR count). The summed E-state index contributed by atoms with van der Waals surface area (Å²) in [6.07, 6.45) is 8.65. The smallest absolute Gasteiger partial charge is 0.256 e. The molecule has 4 aromatic rings. The van der Waals surface area contributed by atoms with E-state index in [9.17, 15) is 4.79 Å². The molecule has 0 saturated carbocycles. The SMILES string of the molecule is C[C@@H]1CC[C@@H](Nc2nccc3c2ncn3C)CN1C(=O)c1ccccc1-n1nccn1. The van der Waals surface area contributed by atoms with Gasteiger partial charge in [-0.25, -0.2) is 9.97 Å². The maximum Gasteiger partial charge on any atom is 0.256 e. The molecule has 1 fully saturated rings. The Kier molecular flexibility index (Phi) is 4.85. The number of benzene rings is 1. The topological polar surface area (TPSA) is 93.8 Å². The van der Waals surface area contributed by atoms with E-state index in [4.69, 9.17) is 0 Å². The minimum Gasteiger partial charge on any atom is -0.364 e. The first kappa shape index (κ1) is 19.2. The lowest BCUT2D eigenvalue weighted by molar-refractivity contribution is 0.0621. The second kappa shape index (κ2) is 7.82. The summed E-state index contributed by atoms with van der Waals surface area (Å²) < 4.78 is 1.97. The van der Waals surface area contributed by atoms with Crippen molar-refractivity contribution in [3.63, 3.8) is 0 Å². The number of aryl methyl sites for hydroxylation is 1. The number of imidazole rings is 1. The average molecular weight is 416 g/mol. The van der Waals surface area contributed by atoms with Crippen molar-refractivity contribution in [1.29, 1.82) is 0 Å². The summed E-state index contributed by atoms with van der Waals surface area (Å²) in [5, 5.41) is 11.9. The van der Waals surface area contributed by atoms with E-state index in [1.165, 1.54) is 4.80 Å². The van der Waals surface area contributed by atoms with Gasteiger partial charge in [-0.2, -0.15) is 15.0 Å². The molecular formula is C22H24N8O. The van der Waals surface area contributed by atoms with Gasteiger partial charge in [-0.05, 0) is 38.0 Å². The first-order valence-electron chi connectivity index (χ1n) is 10.4. The van der Waals surface area contributed by atoms with Crippen LogP contribution < -0.4 is 5.32 Å². The second-order valence-electron chi connectivity index (χ2n) is 7.94. The summed E-state index contributed by atoms with van der Waals surface area (Å²) in [6.45, 7) is 2.69. The van der Waals surface area contributed by atoms with Crippen molar-refractivity contribution in [3.8, 4) is 5.69 Å². The number of amides is 1. The first-order chi connectivity index (χ1) is 15.1. The van der Waals surface area contributed by atoms with Crippen LogP contribution >= 0.6 is 0 Å². The lowest BCUT2D eigenvalue weighted by Crippen LogP contribution is -2.50. The molecule has 2 atom stereocenters. The highest BCUT2D eigenvalue weighted by molar-refractivity contribution is 5.98. The third-order valence-corrected chi connectivity index (χ3v) is 5.90. The van der Waals surface area contributed by atoms with Crippen LogP contribution in [0.15, 0.2) is 55.2 Å². The van der Waals surface area contributed by atoms with Crippen LogP contribution in [0.25, 0.3) is 16.7 Å². The molecule has 0 radical (unpaired) electrons. The van der Waals surface area contributed by atoms with Crippen molar-refractivity contribution < 1.29 is 4.79 Å². The number of rotatable bonds is 4. The fourth-order valence-electron chi connectivity index (χ4n) is 4.19. The van der Waals surface area contributed by atoms with Gasteiger partial charge in [0.05, 0.1) is 35.5 Å². The number of aromatic nitrogens is 6. The van der Waals surface area contributed by atoms with Crippen molar-refractivity contribution in [3.05, 3.63) is 60.8 Å². The van der Waals surface area contributed by atoms with Crippen molar-refractivity contribution in [2.45, 2.75) is 31.8 Å². The van der Waals surface area contributed by atoms with Gasteiger partial charge in [-0.15, -0.1) is 0 Å². The van der Waals surface area contributed by atoms with E-state index in [-0.39, 0.29) is 18.0 Å². The number of hydrogen-bond acceptors (Lipinski definition) is 6. The maximum absolute atomic E-state index is 13.5. The molecule has 1 aliphatic rings. The lowest BCUT2D eigenvalue weighted by atomic mass is 9.97. The molecule has 0 spiro atoms. The predicted molar refractivity (Wildman–Crippen MR) is 117 cm³/mol. The van der Waals surface area contributed by atoms with Crippen LogP contribution in [0.5, 0.6) is 0 Å². The van der Waals surface area contributed by atoms with Gasteiger partial charge in [0.15, 0.2) is 5.82 Å². The van der Waals surface area contributed by atoms with Gasteiger partial charge >= 0.3 is 0 Å². The van der Waals surface area contributed by atoms with Crippen molar-refractivity contribution in [2.75, 3.05) is 11.9 Å². The molecular weight excluding hydrogens is 392 g/mol. The standard InChI is InChI=1S/C22H24N8O/c1-15-7-8-16(27-21-20-19(9-10-23-21)28(2)14-24-20)13-29(15)22(31)17-5-3-4-6-18(17)30-25-11-12-26-30/h3-6,9-12,14-16H,7-8,13H2,1-2H3,(H,23,27)/t15-,16-/m1/s1. The number of carbonyl (C=O) groups excluding carboxylic acids is 1. The quantitative estimate of drug-likeness (QED) is 0.550. The number of anilines is 1. The highest BCUT2D eigenvalue weighted by Gasteiger charge is 2.31. The Labute approximate surface area is 179 Å². The minimum absolute atomic E-state index is 0.0177. The van der Waals surface area contributed by atoms with Crippen molar-refractivity contribution >= 4 is 22.8 Å². The molecule has 1 aliphatic heterocycles. The molecule has 1 saturated heterocycles. The van der Waals surface area contributed by atoms with Gasteiger partial charge in [0.2, 0.25) is 0 Å². The number of para-hydroxylation sites is 1. The van der Waals surface area contributed by atoms with Gasteiger partial charge in [0.25, 0.3) is 5.91 Å². The number of nitrogens with zero attached hydrogens (tertiary/aromatic N) is 7. The molecule has 158 valence electrons. The average Bonchev–Trinajstić information content (AvgIpc) is 3.46. The molecule has 31 heavy (non-hydrogen) atoms. The van der Waals surface area contributed by atoms with Gasteiger partial charge in [0, 0.05) is 31.9 Å². The summed E-state index contributed by atoms with van der Waals surface area (Å²) >= 11 is 0. The van der Waals surface area contributed by atoms with E-state index >= 15 is 0 Å². The van der Waals surface area contributed by atoms with Crippen LogP contribution in [-0.4, -0.2) is 59.0 Å². The Hall–Kier alpha value is -3.75. The number of hydrogen-bond donors (Lipinski definition) is 1. The van der Waals surface area contributed by atoms with Crippen LogP contribution in [0.2, 0.25) is 0 Å². The van der Waals surface area contributed by atoms with E-state index < -0.39 is 0 Å². The molecule has 1 aromatic carbocycles. The van der Waals surface area contributed by atoms with E-state index in [1.807, 2.05) is 46.8 Å². The molecule has 0 aliphatic carbocycles. The summed E-state index contributed by atoms with van der Waals surface area (Å²) in [5.41, 5.74) is 3.14. The van der Waals surface area contributed by atoms with E-state index in [2.05, 4.69) is 32.4 Å². The molecule has 9 nitrogen and oxygen atoms in total. The first-order valence-corrected chi connectivity index (χ1v) is 10.4. The fourth-order valence-corrected chi connectivity index (χ4v) is 4.19. The molecule has 1 N–H and O–H groups in total. The van der Waals surface area contributed by atoms with Crippen LogP contribution in [0.4, 0.5) is 5.82 Å². The van der Waals surface area contributed by atoms with Crippen LogP contribution in [-0.2, 0) is 7.05 Å². The third-order valence-electron chi connectivity index (χ3n) is 5.90. The number of fused-ring (bicyclic) bond motifs is 1. The molecule has 9 heteroatoms. The number of pyridine rings is 1. The Balaban J connectivity index is 1.40. The van der Waals surface area contributed by atoms with E-state index in [0.29, 0.717) is 17.8 Å². The van der Waals surface area contributed by atoms with E-state index in [0.717, 1.165) is 29.7 Å². The fraction of sp³-hybridized carbons (Fsp3) is 0.318. The summed E-state index contributed by atoms with van der Waals surface area (Å²) in [4.78, 5) is 25.9. The Morgan fingerprint density at radius 1 is 1.06 bits per heavy atom. The normalized spacial score (nSPS) is 19.0. The number of nitrogens with one attached hydrogen (secondary N) is 1. The second-order valence-corrected chi connectivity index (χ2v) is 7.94. The molecule has 1 amide bonds.